The maximum Gasteiger partial charge on any atom is 0.156 e. The molecule has 5 nitrogen and oxygen atoms in total. The van der Waals surface area contributed by atoms with Gasteiger partial charge in [0.05, 0.1) is 18.4 Å². The molecule has 0 radical (unpaired) electrons. The van der Waals surface area contributed by atoms with E-state index in [0.29, 0.717) is 23.5 Å². The Balaban J connectivity index is 2.44. The fourth-order valence-corrected chi connectivity index (χ4v) is 2.02. The fraction of sp³-hybridized carbons (Fsp3) is 0.0833. The van der Waals surface area contributed by atoms with Crippen LogP contribution in [-0.4, -0.2) is 23.4 Å². The first-order valence-electron chi connectivity index (χ1n) is 5.22. The largest absolute Gasteiger partial charge is 0.495 e. The second-order valence-corrected chi connectivity index (χ2v) is 4.79. The van der Waals surface area contributed by atoms with E-state index in [1.807, 2.05) is 12.1 Å². The number of hydrogen-bond acceptors (Lipinski definition) is 5. The maximum absolute atomic E-state index is 11.0. The Morgan fingerprint density at radius 1 is 1.42 bits per heavy atom. The van der Waals surface area contributed by atoms with Crippen LogP contribution in [0, 0.1) is 0 Å². The number of halogens is 2. The number of hydrogen-bond donors (Lipinski definition) is 1. The summed E-state index contributed by atoms with van der Waals surface area (Å²) in [5.41, 5.74) is 0.862. The molecule has 0 aliphatic rings. The van der Waals surface area contributed by atoms with Gasteiger partial charge < -0.3 is 10.1 Å². The molecular weight excluding hydrogens is 334 g/mol. The molecule has 2 rings (SSSR count). The van der Waals surface area contributed by atoms with Crippen LogP contribution in [0.2, 0.25) is 5.15 Å². The summed E-state index contributed by atoms with van der Waals surface area (Å²) in [5, 5.41) is 3.10. The molecule has 1 aromatic carbocycles. The van der Waals surface area contributed by atoms with Crippen LogP contribution in [0.5, 0.6) is 5.75 Å². The molecule has 0 spiro atoms. The SMILES string of the molecule is COc1ccc(Br)cc1Nc1ncnc(Cl)c1C=O. The minimum Gasteiger partial charge on any atom is -0.495 e. The third-order valence-corrected chi connectivity index (χ3v) is 3.16. The van der Waals surface area contributed by atoms with E-state index in [4.69, 9.17) is 16.3 Å². The Morgan fingerprint density at radius 2 is 2.21 bits per heavy atom. The molecule has 1 N–H and O–H groups in total. The van der Waals surface area contributed by atoms with Crippen molar-refractivity contribution in [1.29, 1.82) is 0 Å². The van der Waals surface area contributed by atoms with Gasteiger partial charge in [-0.1, -0.05) is 27.5 Å². The number of benzene rings is 1. The van der Waals surface area contributed by atoms with E-state index >= 15 is 0 Å². The summed E-state index contributed by atoms with van der Waals surface area (Å²) in [6.45, 7) is 0. The highest BCUT2D eigenvalue weighted by atomic mass is 79.9. The number of ether oxygens (including phenoxy) is 1. The van der Waals surface area contributed by atoms with E-state index in [1.54, 1.807) is 13.2 Å². The first-order valence-corrected chi connectivity index (χ1v) is 6.39. The number of aldehydes is 1. The van der Waals surface area contributed by atoms with Crippen LogP contribution in [0.15, 0.2) is 29.0 Å². The molecule has 19 heavy (non-hydrogen) atoms. The number of rotatable bonds is 4. The maximum atomic E-state index is 11.0. The van der Waals surface area contributed by atoms with E-state index in [2.05, 4.69) is 31.2 Å². The van der Waals surface area contributed by atoms with E-state index in [0.717, 1.165) is 4.47 Å². The van der Waals surface area contributed by atoms with Crippen LogP contribution in [0.25, 0.3) is 0 Å². The average molecular weight is 343 g/mol. The monoisotopic (exact) mass is 341 g/mol. The quantitative estimate of drug-likeness (QED) is 0.681. The summed E-state index contributed by atoms with van der Waals surface area (Å²) in [4.78, 5) is 18.8. The van der Waals surface area contributed by atoms with Gasteiger partial charge in [0.25, 0.3) is 0 Å². The molecular formula is C12H9BrClN3O2. The zero-order valence-electron chi connectivity index (χ0n) is 9.85. The highest BCUT2D eigenvalue weighted by Crippen LogP contribution is 2.31. The highest BCUT2D eigenvalue weighted by molar-refractivity contribution is 9.10. The summed E-state index contributed by atoms with van der Waals surface area (Å²) in [6, 6.07) is 5.44. The van der Waals surface area contributed by atoms with E-state index in [9.17, 15) is 4.79 Å². The third-order valence-electron chi connectivity index (χ3n) is 2.37. The standard InChI is InChI=1S/C12H9BrClN3O2/c1-19-10-3-2-7(13)4-9(10)17-12-8(5-18)11(14)15-6-16-12/h2-6H,1H3,(H,15,16,17). The second kappa shape index (κ2) is 5.99. The van der Waals surface area contributed by atoms with Crippen molar-refractivity contribution in [2.75, 3.05) is 12.4 Å². The van der Waals surface area contributed by atoms with Crippen LogP contribution >= 0.6 is 27.5 Å². The lowest BCUT2D eigenvalue weighted by molar-refractivity contribution is 0.112. The lowest BCUT2D eigenvalue weighted by Crippen LogP contribution is -2.02. The Hall–Kier alpha value is -1.66. The molecule has 0 fully saturated rings. The molecule has 0 aliphatic carbocycles. The van der Waals surface area contributed by atoms with Crippen molar-refractivity contribution in [2.24, 2.45) is 0 Å². The van der Waals surface area contributed by atoms with Crippen molar-refractivity contribution in [3.63, 3.8) is 0 Å². The summed E-state index contributed by atoms with van der Waals surface area (Å²) < 4.78 is 6.09. The zero-order chi connectivity index (χ0) is 13.8. The molecule has 2 aromatic rings. The van der Waals surface area contributed by atoms with E-state index in [-0.39, 0.29) is 10.7 Å². The molecule has 1 aromatic heterocycles. The Kier molecular flexibility index (Phi) is 4.34. The Morgan fingerprint density at radius 3 is 2.89 bits per heavy atom. The predicted octanol–water partition coefficient (Wildman–Crippen LogP) is 3.46. The molecule has 0 saturated carbocycles. The van der Waals surface area contributed by atoms with Crippen LogP contribution < -0.4 is 10.1 Å². The van der Waals surface area contributed by atoms with Gasteiger partial charge in [0.15, 0.2) is 6.29 Å². The lowest BCUT2D eigenvalue weighted by atomic mass is 10.2. The first kappa shape index (κ1) is 13.8. The lowest BCUT2D eigenvalue weighted by Gasteiger charge is -2.12. The van der Waals surface area contributed by atoms with Crippen LogP contribution in [0.1, 0.15) is 10.4 Å². The number of methoxy groups -OCH3 is 1. The minimum absolute atomic E-state index is 0.0986. The first-order chi connectivity index (χ1) is 9.15. The number of aromatic nitrogens is 2. The van der Waals surface area contributed by atoms with Crippen LogP contribution in [0.4, 0.5) is 11.5 Å². The van der Waals surface area contributed by atoms with Gasteiger partial charge >= 0.3 is 0 Å². The second-order valence-electron chi connectivity index (χ2n) is 3.51. The Labute approximate surface area is 123 Å². The van der Waals surface area contributed by atoms with Gasteiger partial charge in [-0.2, -0.15) is 0 Å². The zero-order valence-corrected chi connectivity index (χ0v) is 12.2. The fourth-order valence-electron chi connectivity index (χ4n) is 1.48. The molecule has 98 valence electrons. The van der Waals surface area contributed by atoms with Gasteiger partial charge in [0.2, 0.25) is 0 Å². The summed E-state index contributed by atoms with van der Waals surface area (Å²) in [6.07, 6.45) is 1.89. The van der Waals surface area contributed by atoms with Gasteiger partial charge in [-0.15, -0.1) is 0 Å². The van der Waals surface area contributed by atoms with Crippen molar-refractivity contribution < 1.29 is 9.53 Å². The normalized spacial score (nSPS) is 10.1. The van der Waals surface area contributed by atoms with Gasteiger partial charge in [-0.05, 0) is 18.2 Å². The highest BCUT2D eigenvalue weighted by Gasteiger charge is 2.11. The third kappa shape index (κ3) is 3.02. The number of carbonyl (C=O) groups excluding carboxylic acids is 1. The summed E-state index contributed by atoms with van der Waals surface area (Å²) in [5.74, 6) is 0.946. The average Bonchev–Trinajstić information content (AvgIpc) is 2.39. The van der Waals surface area contributed by atoms with Crippen molar-refractivity contribution in [2.45, 2.75) is 0 Å². The molecule has 0 saturated heterocycles. The molecule has 0 unspecified atom stereocenters. The minimum atomic E-state index is 0.0986. The summed E-state index contributed by atoms with van der Waals surface area (Å²) >= 11 is 9.20. The van der Waals surface area contributed by atoms with Crippen LogP contribution in [-0.2, 0) is 0 Å². The smallest absolute Gasteiger partial charge is 0.156 e. The van der Waals surface area contributed by atoms with Crippen molar-refractivity contribution in [3.8, 4) is 5.75 Å². The molecule has 7 heteroatoms. The topological polar surface area (TPSA) is 64.1 Å². The predicted molar refractivity (Wildman–Crippen MR) is 76.4 cm³/mol. The van der Waals surface area contributed by atoms with Gasteiger partial charge in [-0.3, -0.25) is 4.79 Å². The van der Waals surface area contributed by atoms with Crippen molar-refractivity contribution in [3.05, 3.63) is 39.7 Å². The summed E-state index contributed by atoms with van der Waals surface area (Å²) in [7, 11) is 1.56. The molecule has 0 aliphatic heterocycles. The molecule has 0 amide bonds. The Bertz CT molecular complexity index is 622. The molecule has 0 atom stereocenters. The van der Waals surface area contributed by atoms with Crippen LogP contribution in [0.3, 0.4) is 0 Å². The van der Waals surface area contributed by atoms with Crippen molar-refractivity contribution >= 4 is 45.3 Å². The van der Waals surface area contributed by atoms with Crippen molar-refractivity contribution in [1.82, 2.24) is 9.97 Å². The van der Waals surface area contributed by atoms with Gasteiger partial charge in [0.1, 0.15) is 23.0 Å². The van der Waals surface area contributed by atoms with Gasteiger partial charge in [-0.25, -0.2) is 9.97 Å². The molecule has 0 bridgehead atoms. The number of nitrogens with zero attached hydrogens (tertiary/aromatic N) is 2. The van der Waals surface area contributed by atoms with E-state index in [1.165, 1.54) is 6.33 Å². The van der Waals surface area contributed by atoms with Gasteiger partial charge in [0, 0.05) is 4.47 Å². The van der Waals surface area contributed by atoms with E-state index < -0.39 is 0 Å². The number of nitrogens with one attached hydrogen (secondary N) is 1. The number of carbonyl (C=O) groups is 1. The number of anilines is 2. The molecule has 1 heterocycles.